The topological polar surface area (TPSA) is 87.3 Å². The molecular formula is C12H23N5O. The van der Waals surface area contributed by atoms with E-state index in [9.17, 15) is 5.11 Å². The first-order chi connectivity index (χ1) is 8.69. The number of nitrogens with two attached hydrogens (primary N) is 1. The molecule has 4 N–H and O–H groups in total. The van der Waals surface area contributed by atoms with Crippen LogP contribution in [0.1, 0.15) is 32.3 Å². The molecule has 0 aliphatic heterocycles. The van der Waals surface area contributed by atoms with Crippen LogP contribution in [-0.2, 0) is 0 Å². The van der Waals surface area contributed by atoms with Crippen molar-refractivity contribution in [3.05, 3.63) is 11.9 Å². The van der Waals surface area contributed by atoms with Gasteiger partial charge in [-0.25, -0.2) is 15.8 Å². The Bertz CT molecular complexity index is 367. The van der Waals surface area contributed by atoms with Crippen molar-refractivity contribution < 1.29 is 5.11 Å². The molecule has 6 nitrogen and oxygen atoms in total. The van der Waals surface area contributed by atoms with Gasteiger partial charge >= 0.3 is 0 Å². The van der Waals surface area contributed by atoms with E-state index in [1.807, 2.05) is 6.92 Å². The smallest absolute Gasteiger partial charge is 0.148 e. The molecule has 1 aromatic rings. The number of nitrogens with zero attached hydrogens (tertiary/aromatic N) is 3. The third-order valence-corrected chi connectivity index (χ3v) is 3.19. The zero-order chi connectivity index (χ0) is 13.5. The third-order valence-electron chi connectivity index (χ3n) is 3.19. The molecule has 0 amide bonds. The largest absolute Gasteiger partial charge is 0.395 e. The first-order valence-corrected chi connectivity index (χ1v) is 6.35. The van der Waals surface area contributed by atoms with Crippen LogP contribution in [0.3, 0.4) is 0 Å². The molecule has 0 fully saturated rings. The maximum absolute atomic E-state index is 9.23. The van der Waals surface area contributed by atoms with Crippen LogP contribution < -0.4 is 16.2 Å². The Hall–Kier alpha value is -1.40. The number of aromatic nitrogens is 2. The van der Waals surface area contributed by atoms with E-state index in [0.717, 1.165) is 24.2 Å². The van der Waals surface area contributed by atoms with E-state index in [-0.39, 0.29) is 6.61 Å². The zero-order valence-electron chi connectivity index (χ0n) is 11.3. The predicted molar refractivity (Wildman–Crippen MR) is 73.4 cm³/mol. The van der Waals surface area contributed by atoms with Gasteiger partial charge in [-0.05, 0) is 19.8 Å². The Balaban J connectivity index is 3.12. The van der Waals surface area contributed by atoms with E-state index in [4.69, 9.17) is 5.84 Å². The third kappa shape index (κ3) is 3.08. The number of rotatable bonds is 7. The van der Waals surface area contributed by atoms with Crippen LogP contribution in [0.15, 0.2) is 6.33 Å². The minimum Gasteiger partial charge on any atom is -0.395 e. The summed E-state index contributed by atoms with van der Waals surface area (Å²) in [4.78, 5) is 10.5. The Labute approximate surface area is 108 Å². The zero-order valence-corrected chi connectivity index (χ0v) is 11.3. The van der Waals surface area contributed by atoms with Crippen molar-refractivity contribution in [2.24, 2.45) is 5.84 Å². The van der Waals surface area contributed by atoms with Crippen molar-refractivity contribution in [2.75, 3.05) is 23.5 Å². The summed E-state index contributed by atoms with van der Waals surface area (Å²) in [6.07, 6.45) is 3.50. The van der Waals surface area contributed by atoms with E-state index in [2.05, 4.69) is 34.1 Å². The summed E-state index contributed by atoms with van der Waals surface area (Å²) in [5.74, 6) is 6.88. The van der Waals surface area contributed by atoms with Crippen LogP contribution in [0.5, 0.6) is 0 Å². The highest BCUT2D eigenvalue weighted by Gasteiger charge is 2.19. The summed E-state index contributed by atoms with van der Waals surface area (Å²) < 4.78 is 0. The summed E-state index contributed by atoms with van der Waals surface area (Å²) in [5, 5.41) is 9.23. The molecule has 1 aromatic heterocycles. The SMILES string of the molecule is CCC(CC)N(CCO)c1ncnc(NN)c1C. The van der Waals surface area contributed by atoms with Crippen LogP contribution in [-0.4, -0.2) is 34.3 Å². The van der Waals surface area contributed by atoms with Crippen molar-refractivity contribution >= 4 is 11.6 Å². The fourth-order valence-corrected chi connectivity index (χ4v) is 2.17. The van der Waals surface area contributed by atoms with E-state index < -0.39 is 0 Å². The monoisotopic (exact) mass is 253 g/mol. The number of nitrogen functional groups attached to an aromatic ring is 1. The number of aliphatic hydroxyl groups is 1. The van der Waals surface area contributed by atoms with Gasteiger partial charge in [0.05, 0.1) is 6.61 Å². The summed E-state index contributed by atoms with van der Waals surface area (Å²) in [6, 6.07) is 0.358. The molecular weight excluding hydrogens is 230 g/mol. The van der Waals surface area contributed by atoms with E-state index in [1.165, 1.54) is 6.33 Å². The second-order valence-electron chi connectivity index (χ2n) is 4.20. The number of hydrazine groups is 1. The molecule has 18 heavy (non-hydrogen) atoms. The second kappa shape index (κ2) is 7.13. The van der Waals surface area contributed by atoms with Crippen LogP contribution >= 0.6 is 0 Å². The second-order valence-corrected chi connectivity index (χ2v) is 4.20. The summed E-state index contributed by atoms with van der Waals surface area (Å²) in [7, 11) is 0. The lowest BCUT2D eigenvalue weighted by molar-refractivity contribution is 0.295. The predicted octanol–water partition coefficient (Wildman–Crippen LogP) is 1.06. The highest BCUT2D eigenvalue weighted by molar-refractivity contribution is 5.57. The highest BCUT2D eigenvalue weighted by atomic mass is 16.3. The van der Waals surface area contributed by atoms with Crippen molar-refractivity contribution in [3.8, 4) is 0 Å². The van der Waals surface area contributed by atoms with Crippen molar-refractivity contribution in [3.63, 3.8) is 0 Å². The molecule has 0 radical (unpaired) electrons. The van der Waals surface area contributed by atoms with Gasteiger partial charge in [-0.1, -0.05) is 13.8 Å². The van der Waals surface area contributed by atoms with Crippen molar-refractivity contribution in [1.29, 1.82) is 0 Å². The number of anilines is 2. The highest BCUT2D eigenvalue weighted by Crippen LogP contribution is 2.25. The molecule has 6 heteroatoms. The lowest BCUT2D eigenvalue weighted by atomic mass is 10.1. The Kier molecular flexibility index (Phi) is 5.80. The summed E-state index contributed by atoms with van der Waals surface area (Å²) in [6.45, 7) is 6.87. The van der Waals surface area contributed by atoms with Gasteiger partial charge in [-0.2, -0.15) is 0 Å². The lowest BCUT2D eigenvalue weighted by Crippen LogP contribution is -2.38. The number of hydrogen-bond acceptors (Lipinski definition) is 6. The lowest BCUT2D eigenvalue weighted by Gasteiger charge is -2.32. The number of aliphatic hydroxyl groups excluding tert-OH is 1. The quantitative estimate of drug-likeness (QED) is 0.497. The molecule has 0 atom stereocenters. The van der Waals surface area contributed by atoms with Gasteiger partial charge in [0.15, 0.2) is 0 Å². The van der Waals surface area contributed by atoms with E-state index in [0.29, 0.717) is 18.4 Å². The summed E-state index contributed by atoms with van der Waals surface area (Å²) >= 11 is 0. The first-order valence-electron chi connectivity index (χ1n) is 6.35. The molecule has 0 aliphatic carbocycles. The molecule has 1 heterocycles. The Morgan fingerprint density at radius 1 is 1.39 bits per heavy atom. The van der Waals surface area contributed by atoms with Gasteiger partial charge in [0.2, 0.25) is 0 Å². The molecule has 0 aromatic carbocycles. The molecule has 0 spiro atoms. The van der Waals surface area contributed by atoms with E-state index in [1.54, 1.807) is 0 Å². The average molecular weight is 253 g/mol. The minimum absolute atomic E-state index is 0.103. The minimum atomic E-state index is 0.103. The normalized spacial score (nSPS) is 10.8. The van der Waals surface area contributed by atoms with Crippen LogP contribution in [0, 0.1) is 6.92 Å². The van der Waals surface area contributed by atoms with Crippen LogP contribution in [0.2, 0.25) is 0 Å². The average Bonchev–Trinajstić information content (AvgIpc) is 2.39. The maximum Gasteiger partial charge on any atom is 0.148 e. The van der Waals surface area contributed by atoms with Gasteiger partial charge in [-0.15, -0.1) is 0 Å². The Morgan fingerprint density at radius 3 is 2.56 bits per heavy atom. The molecule has 0 saturated carbocycles. The molecule has 0 saturated heterocycles. The molecule has 0 unspecified atom stereocenters. The molecule has 0 bridgehead atoms. The van der Waals surface area contributed by atoms with Gasteiger partial charge in [-0.3, -0.25) is 0 Å². The standard InChI is InChI=1S/C12H23N5O/c1-4-10(5-2)17(6-7-18)12-9(3)11(16-13)14-8-15-12/h8,10,18H,4-7,13H2,1-3H3,(H,14,15,16). The van der Waals surface area contributed by atoms with Gasteiger partial charge in [0, 0.05) is 18.2 Å². The molecule has 1 rings (SSSR count). The van der Waals surface area contributed by atoms with Crippen LogP contribution in [0.25, 0.3) is 0 Å². The van der Waals surface area contributed by atoms with Gasteiger partial charge in [0.1, 0.15) is 18.0 Å². The summed E-state index contributed by atoms with van der Waals surface area (Å²) in [5.41, 5.74) is 3.47. The number of hydrogen-bond donors (Lipinski definition) is 3. The molecule has 0 aliphatic rings. The maximum atomic E-state index is 9.23. The van der Waals surface area contributed by atoms with Crippen molar-refractivity contribution in [2.45, 2.75) is 39.7 Å². The Morgan fingerprint density at radius 2 is 2.06 bits per heavy atom. The molecule has 102 valence electrons. The van der Waals surface area contributed by atoms with Gasteiger partial charge in [0.25, 0.3) is 0 Å². The fourth-order valence-electron chi connectivity index (χ4n) is 2.17. The fraction of sp³-hybridized carbons (Fsp3) is 0.667. The van der Waals surface area contributed by atoms with Crippen molar-refractivity contribution in [1.82, 2.24) is 9.97 Å². The van der Waals surface area contributed by atoms with E-state index >= 15 is 0 Å². The van der Waals surface area contributed by atoms with Gasteiger partial charge < -0.3 is 15.4 Å². The van der Waals surface area contributed by atoms with Crippen LogP contribution in [0.4, 0.5) is 11.6 Å². The first kappa shape index (κ1) is 14.7. The number of nitrogens with one attached hydrogen (secondary N) is 1.